The van der Waals surface area contributed by atoms with E-state index in [-0.39, 0.29) is 0 Å². The van der Waals surface area contributed by atoms with Gasteiger partial charge < -0.3 is 5.11 Å². The van der Waals surface area contributed by atoms with Crippen molar-refractivity contribution in [2.75, 3.05) is 0 Å². The van der Waals surface area contributed by atoms with E-state index in [4.69, 9.17) is 0 Å². The van der Waals surface area contributed by atoms with Crippen LogP contribution in [-0.2, 0) is 16.6 Å². The Balaban J connectivity index is 2.37. The fourth-order valence-corrected chi connectivity index (χ4v) is 2.02. The number of aliphatic carboxylic acids is 1. The number of rotatable bonds is 4. The Hall–Kier alpha value is -2.16. The minimum Gasteiger partial charge on any atom is -0.481 e. The van der Waals surface area contributed by atoms with Crippen molar-refractivity contribution in [3.05, 3.63) is 66.0 Å². The van der Waals surface area contributed by atoms with Gasteiger partial charge in [0.15, 0.2) is 0 Å². The van der Waals surface area contributed by atoms with Crippen LogP contribution in [0, 0.1) is 0 Å². The lowest BCUT2D eigenvalue weighted by molar-refractivity contribution is -0.143. The van der Waals surface area contributed by atoms with Crippen LogP contribution >= 0.6 is 0 Å². The third kappa shape index (κ3) is 2.40. The molecule has 0 aliphatic heterocycles. The van der Waals surface area contributed by atoms with Crippen LogP contribution in [0.1, 0.15) is 18.1 Å². The van der Waals surface area contributed by atoms with E-state index < -0.39 is 11.4 Å². The summed E-state index contributed by atoms with van der Waals surface area (Å²) in [7, 11) is 0. The predicted octanol–water partition coefficient (Wildman–Crippen LogP) is 2.67. The van der Waals surface area contributed by atoms with E-state index in [9.17, 15) is 9.90 Å². The molecule has 1 aromatic carbocycles. The molecular formula is C15H15NO2. The molecule has 0 radical (unpaired) electrons. The second-order valence-electron chi connectivity index (χ2n) is 4.54. The van der Waals surface area contributed by atoms with Crippen LogP contribution < -0.4 is 0 Å². The van der Waals surface area contributed by atoms with Gasteiger partial charge in [-0.3, -0.25) is 9.78 Å². The number of hydrogen-bond donors (Lipinski definition) is 1. The van der Waals surface area contributed by atoms with Crippen LogP contribution in [0.5, 0.6) is 0 Å². The van der Waals surface area contributed by atoms with Crippen LogP contribution in [0.15, 0.2) is 54.9 Å². The Labute approximate surface area is 106 Å². The Morgan fingerprint density at radius 2 is 1.78 bits per heavy atom. The lowest BCUT2D eigenvalue weighted by atomic mass is 9.77. The average molecular weight is 241 g/mol. The second-order valence-corrected chi connectivity index (χ2v) is 4.54. The van der Waals surface area contributed by atoms with Crippen molar-refractivity contribution in [2.24, 2.45) is 0 Å². The standard InChI is InChI=1S/C15H15NO2/c1-15(14(17)18,13-5-3-2-4-6-13)11-12-7-9-16-10-8-12/h2-10H,11H2,1H3,(H,17,18). The van der Waals surface area contributed by atoms with Gasteiger partial charge in [-0.1, -0.05) is 30.3 Å². The van der Waals surface area contributed by atoms with Crippen LogP contribution in [0.4, 0.5) is 0 Å². The molecule has 1 aromatic heterocycles. The number of carbonyl (C=O) groups is 1. The highest BCUT2D eigenvalue weighted by atomic mass is 16.4. The van der Waals surface area contributed by atoms with Gasteiger partial charge in [-0.25, -0.2) is 0 Å². The number of benzene rings is 1. The zero-order valence-corrected chi connectivity index (χ0v) is 10.2. The van der Waals surface area contributed by atoms with Gasteiger partial charge in [0.25, 0.3) is 0 Å². The lowest BCUT2D eigenvalue weighted by Crippen LogP contribution is -2.34. The average Bonchev–Trinajstić information content (AvgIpc) is 2.40. The topological polar surface area (TPSA) is 50.2 Å². The summed E-state index contributed by atoms with van der Waals surface area (Å²) in [6, 6.07) is 13.0. The number of aromatic nitrogens is 1. The highest BCUT2D eigenvalue weighted by Gasteiger charge is 2.35. The number of nitrogens with zero attached hydrogens (tertiary/aromatic N) is 1. The number of carboxylic acid groups (broad SMARTS) is 1. The number of pyridine rings is 1. The van der Waals surface area contributed by atoms with E-state index in [0.717, 1.165) is 11.1 Å². The third-order valence-electron chi connectivity index (χ3n) is 3.19. The third-order valence-corrected chi connectivity index (χ3v) is 3.19. The molecule has 0 aliphatic carbocycles. The Morgan fingerprint density at radius 3 is 2.33 bits per heavy atom. The minimum atomic E-state index is -0.914. The summed E-state index contributed by atoms with van der Waals surface area (Å²) in [5, 5.41) is 9.53. The van der Waals surface area contributed by atoms with E-state index >= 15 is 0 Å². The molecule has 2 aromatic rings. The van der Waals surface area contributed by atoms with E-state index in [0.29, 0.717) is 6.42 Å². The van der Waals surface area contributed by atoms with Crippen LogP contribution in [-0.4, -0.2) is 16.1 Å². The monoisotopic (exact) mass is 241 g/mol. The molecule has 0 fully saturated rings. The summed E-state index contributed by atoms with van der Waals surface area (Å²) in [5.74, 6) is -0.814. The first-order chi connectivity index (χ1) is 8.63. The zero-order valence-electron chi connectivity index (χ0n) is 10.2. The molecule has 1 unspecified atom stereocenters. The van der Waals surface area contributed by atoms with Gasteiger partial charge in [-0.2, -0.15) is 0 Å². The smallest absolute Gasteiger partial charge is 0.314 e. The summed E-state index contributed by atoms with van der Waals surface area (Å²) >= 11 is 0. The molecule has 1 N–H and O–H groups in total. The van der Waals surface area contributed by atoms with Gasteiger partial charge in [0.2, 0.25) is 0 Å². The normalized spacial score (nSPS) is 13.8. The maximum atomic E-state index is 11.6. The molecule has 3 nitrogen and oxygen atoms in total. The fourth-order valence-electron chi connectivity index (χ4n) is 2.02. The van der Waals surface area contributed by atoms with Gasteiger partial charge in [0.05, 0.1) is 5.41 Å². The van der Waals surface area contributed by atoms with Gasteiger partial charge in [-0.05, 0) is 36.6 Å². The second kappa shape index (κ2) is 5.00. The Bertz CT molecular complexity index is 525. The fraction of sp³-hybridized carbons (Fsp3) is 0.200. The van der Waals surface area contributed by atoms with Crippen LogP contribution in [0.3, 0.4) is 0 Å². The highest BCUT2D eigenvalue weighted by molar-refractivity contribution is 5.81. The molecule has 0 saturated heterocycles. The zero-order chi connectivity index (χ0) is 13.0. The summed E-state index contributed by atoms with van der Waals surface area (Å²) in [6.07, 6.45) is 3.82. The van der Waals surface area contributed by atoms with Gasteiger partial charge >= 0.3 is 5.97 Å². The van der Waals surface area contributed by atoms with Crippen LogP contribution in [0.2, 0.25) is 0 Å². The quantitative estimate of drug-likeness (QED) is 0.895. The Morgan fingerprint density at radius 1 is 1.17 bits per heavy atom. The molecule has 0 spiro atoms. The number of hydrogen-bond acceptors (Lipinski definition) is 2. The van der Waals surface area contributed by atoms with Crippen molar-refractivity contribution < 1.29 is 9.90 Å². The van der Waals surface area contributed by atoms with E-state index in [2.05, 4.69) is 4.98 Å². The van der Waals surface area contributed by atoms with Crippen molar-refractivity contribution in [1.82, 2.24) is 4.98 Å². The number of carboxylic acids is 1. The van der Waals surface area contributed by atoms with E-state index in [1.165, 1.54) is 0 Å². The minimum absolute atomic E-state index is 0.453. The highest BCUT2D eigenvalue weighted by Crippen LogP contribution is 2.28. The van der Waals surface area contributed by atoms with Crippen LogP contribution in [0.25, 0.3) is 0 Å². The van der Waals surface area contributed by atoms with Crippen molar-refractivity contribution in [1.29, 1.82) is 0 Å². The molecular weight excluding hydrogens is 226 g/mol. The SMILES string of the molecule is CC(Cc1ccncc1)(C(=O)O)c1ccccc1. The van der Waals surface area contributed by atoms with Crippen molar-refractivity contribution in [2.45, 2.75) is 18.8 Å². The molecule has 18 heavy (non-hydrogen) atoms. The lowest BCUT2D eigenvalue weighted by Gasteiger charge is -2.25. The first kappa shape index (κ1) is 12.3. The maximum Gasteiger partial charge on any atom is 0.314 e. The summed E-state index contributed by atoms with van der Waals surface area (Å²) in [4.78, 5) is 15.6. The molecule has 92 valence electrons. The molecule has 3 heteroatoms. The van der Waals surface area contributed by atoms with Crippen molar-refractivity contribution in [3.8, 4) is 0 Å². The van der Waals surface area contributed by atoms with E-state index in [1.807, 2.05) is 42.5 Å². The molecule has 2 rings (SSSR count). The largest absolute Gasteiger partial charge is 0.481 e. The van der Waals surface area contributed by atoms with Gasteiger partial charge in [0, 0.05) is 12.4 Å². The molecule has 1 atom stereocenters. The first-order valence-electron chi connectivity index (χ1n) is 5.81. The van der Waals surface area contributed by atoms with Gasteiger partial charge in [0.1, 0.15) is 0 Å². The summed E-state index contributed by atoms with van der Waals surface area (Å²) < 4.78 is 0. The first-order valence-corrected chi connectivity index (χ1v) is 5.81. The van der Waals surface area contributed by atoms with Crippen molar-refractivity contribution in [3.63, 3.8) is 0 Å². The maximum absolute atomic E-state index is 11.6. The van der Waals surface area contributed by atoms with Gasteiger partial charge in [-0.15, -0.1) is 0 Å². The molecule has 1 heterocycles. The molecule has 0 saturated carbocycles. The van der Waals surface area contributed by atoms with Crippen molar-refractivity contribution >= 4 is 5.97 Å². The molecule has 0 amide bonds. The molecule has 0 bridgehead atoms. The Kier molecular flexibility index (Phi) is 3.42. The summed E-state index contributed by atoms with van der Waals surface area (Å²) in [5.41, 5.74) is 0.871. The summed E-state index contributed by atoms with van der Waals surface area (Å²) in [6.45, 7) is 1.76. The predicted molar refractivity (Wildman–Crippen MR) is 69.4 cm³/mol. The van der Waals surface area contributed by atoms with E-state index in [1.54, 1.807) is 19.3 Å². The molecule has 0 aliphatic rings.